The van der Waals surface area contributed by atoms with E-state index in [-0.39, 0.29) is 6.10 Å². The van der Waals surface area contributed by atoms with Crippen LogP contribution in [0, 0.1) is 0 Å². The third kappa shape index (κ3) is 5.06. The van der Waals surface area contributed by atoms with Crippen LogP contribution in [0.4, 0.5) is 10.5 Å². The van der Waals surface area contributed by atoms with Gasteiger partial charge in [-0.3, -0.25) is 5.32 Å². The minimum Gasteiger partial charge on any atom is -0.493 e. The van der Waals surface area contributed by atoms with E-state index in [0.717, 1.165) is 0 Å². The lowest BCUT2D eigenvalue weighted by Crippen LogP contribution is -2.18. The Bertz CT molecular complexity index is 473. The number of hydrogen-bond acceptors (Lipinski definition) is 5. The van der Waals surface area contributed by atoms with E-state index in [9.17, 15) is 4.79 Å². The zero-order valence-electron chi connectivity index (χ0n) is 13.2. The fourth-order valence-electron chi connectivity index (χ4n) is 1.71. The molecule has 0 bridgehead atoms. The minimum absolute atomic E-state index is 0.194. The van der Waals surface area contributed by atoms with Crippen molar-refractivity contribution < 1.29 is 23.7 Å². The molecule has 1 aromatic carbocycles. The van der Waals surface area contributed by atoms with Crippen LogP contribution in [-0.4, -0.2) is 32.5 Å². The van der Waals surface area contributed by atoms with Crippen LogP contribution in [-0.2, 0) is 4.74 Å². The SMILES string of the molecule is CCOc1cc(NC(=O)OC(C)C)cc(OC)c1OCC. The third-order valence-electron chi connectivity index (χ3n) is 2.42. The van der Waals surface area contributed by atoms with Gasteiger partial charge in [0.25, 0.3) is 0 Å². The van der Waals surface area contributed by atoms with E-state index >= 15 is 0 Å². The number of rotatable bonds is 7. The number of carbonyl (C=O) groups is 1. The van der Waals surface area contributed by atoms with Crippen molar-refractivity contribution in [3.05, 3.63) is 12.1 Å². The predicted molar refractivity (Wildman–Crippen MR) is 80.6 cm³/mol. The van der Waals surface area contributed by atoms with E-state index in [4.69, 9.17) is 18.9 Å². The van der Waals surface area contributed by atoms with E-state index in [0.29, 0.717) is 36.1 Å². The first-order valence-corrected chi connectivity index (χ1v) is 6.97. The van der Waals surface area contributed by atoms with Crippen LogP contribution in [0.1, 0.15) is 27.7 Å². The average Bonchev–Trinajstić information content (AvgIpc) is 2.40. The molecule has 118 valence electrons. The van der Waals surface area contributed by atoms with Crippen molar-refractivity contribution in [1.29, 1.82) is 0 Å². The second-order valence-electron chi connectivity index (χ2n) is 4.45. The molecule has 21 heavy (non-hydrogen) atoms. The number of ether oxygens (including phenoxy) is 4. The topological polar surface area (TPSA) is 66.0 Å². The van der Waals surface area contributed by atoms with Crippen molar-refractivity contribution in [2.24, 2.45) is 0 Å². The zero-order valence-corrected chi connectivity index (χ0v) is 13.2. The lowest BCUT2D eigenvalue weighted by molar-refractivity contribution is 0.130. The molecule has 0 fully saturated rings. The average molecular weight is 297 g/mol. The smallest absolute Gasteiger partial charge is 0.411 e. The molecule has 0 saturated heterocycles. The van der Waals surface area contributed by atoms with E-state index in [1.165, 1.54) is 7.11 Å². The van der Waals surface area contributed by atoms with E-state index < -0.39 is 6.09 Å². The first-order chi connectivity index (χ1) is 10.0. The molecule has 0 aliphatic heterocycles. The van der Waals surface area contributed by atoms with Crippen LogP contribution in [0.5, 0.6) is 17.2 Å². The number of carbonyl (C=O) groups excluding carboxylic acids is 1. The van der Waals surface area contributed by atoms with Crippen molar-refractivity contribution in [2.75, 3.05) is 25.6 Å². The van der Waals surface area contributed by atoms with Gasteiger partial charge in [0.15, 0.2) is 11.5 Å². The van der Waals surface area contributed by atoms with Crippen LogP contribution in [0.15, 0.2) is 12.1 Å². The van der Waals surface area contributed by atoms with Gasteiger partial charge in [0.1, 0.15) is 0 Å². The standard InChI is InChI=1S/C15H23NO5/c1-6-19-13-9-11(16-15(17)21-10(3)4)8-12(18-5)14(13)20-7-2/h8-10H,6-7H2,1-5H3,(H,16,17). The number of anilines is 1. The van der Waals surface area contributed by atoms with Crippen LogP contribution in [0.2, 0.25) is 0 Å². The number of nitrogens with one attached hydrogen (secondary N) is 1. The molecule has 1 aromatic rings. The van der Waals surface area contributed by atoms with Crippen LogP contribution in [0.3, 0.4) is 0 Å². The molecule has 0 aliphatic rings. The maximum Gasteiger partial charge on any atom is 0.411 e. The lowest BCUT2D eigenvalue weighted by Gasteiger charge is -2.17. The van der Waals surface area contributed by atoms with Crippen LogP contribution in [0.25, 0.3) is 0 Å². The number of methoxy groups -OCH3 is 1. The second kappa shape index (κ2) is 8.24. The highest BCUT2D eigenvalue weighted by molar-refractivity contribution is 5.86. The maximum atomic E-state index is 11.7. The molecule has 1 amide bonds. The Morgan fingerprint density at radius 3 is 2.29 bits per heavy atom. The molecular weight excluding hydrogens is 274 g/mol. The number of benzene rings is 1. The maximum absolute atomic E-state index is 11.7. The zero-order chi connectivity index (χ0) is 15.8. The molecule has 0 radical (unpaired) electrons. The Labute approximate surface area is 125 Å². The van der Waals surface area contributed by atoms with Crippen molar-refractivity contribution in [2.45, 2.75) is 33.8 Å². The van der Waals surface area contributed by atoms with E-state index in [2.05, 4.69) is 5.32 Å². The highest BCUT2D eigenvalue weighted by atomic mass is 16.6. The summed E-state index contributed by atoms with van der Waals surface area (Å²) in [5, 5.41) is 2.64. The molecule has 0 atom stereocenters. The highest BCUT2D eigenvalue weighted by Gasteiger charge is 2.16. The molecule has 0 unspecified atom stereocenters. The second-order valence-corrected chi connectivity index (χ2v) is 4.45. The van der Waals surface area contributed by atoms with Gasteiger partial charge in [-0.2, -0.15) is 0 Å². The van der Waals surface area contributed by atoms with Crippen LogP contribution >= 0.6 is 0 Å². The normalized spacial score (nSPS) is 10.2. The number of amides is 1. The van der Waals surface area contributed by atoms with E-state index in [1.54, 1.807) is 26.0 Å². The quantitative estimate of drug-likeness (QED) is 0.835. The molecule has 6 heteroatoms. The summed E-state index contributed by atoms with van der Waals surface area (Å²) in [5.41, 5.74) is 0.518. The Kier molecular flexibility index (Phi) is 6.65. The summed E-state index contributed by atoms with van der Waals surface area (Å²) in [6, 6.07) is 3.34. The fourth-order valence-corrected chi connectivity index (χ4v) is 1.71. The van der Waals surface area contributed by atoms with Gasteiger partial charge in [-0.1, -0.05) is 0 Å². The van der Waals surface area contributed by atoms with Gasteiger partial charge >= 0.3 is 6.09 Å². The molecule has 1 rings (SSSR count). The van der Waals surface area contributed by atoms with Crippen molar-refractivity contribution in [1.82, 2.24) is 0 Å². The molecule has 0 saturated carbocycles. The molecule has 0 spiro atoms. The monoisotopic (exact) mass is 297 g/mol. The van der Waals surface area contributed by atoms with E-state index in [1.807, 2.05) is 13.8 Å². The van der Waals surface area contributed by atoms with Gasteiger partial charge in [-0.25, -0.2) is 4.79 Å². The van der Waals surface area contributed by atoms with Gasteiger partial charge < -0.3 is 18.9 Å². The molecule has 0 aliphatic carbocycles. The summed E-state index contributed by atoms with van der Waals surface area (Å²) in [5.74, 6) is 1.52. The molecule has 6 nitrogen and oxygen atoms in total. The van der Waals surface area contributed by atoms with Crippen molar-refractivity contribution in [3.63, 3.8) is 0 Å². The van der Waals surface area contributed by atoms with Gasteiger partial charge in [0, 0.05) is 12.1 Å². The molecule has 0 aromatic heterocycles. The van der Waals surface area contributed by atoms with Gasteiger partial charge in [-0.15, -0.1) is 0 Å². The van der Waals surface area contributed by atoms with Crippen molar-refractivity contribution >= 4 is 11.8 Å². The predicted octanol–water partition coefficient (Wildman–Crippen LogP) is 3.45. The third-order valence-corrected chi connectivity index (χ3v) is 2.42. The Hall–Kier alpha value is -2.11. The molecular formula is C15H23NO5. The van der Waals surface area contributed by atoms with Gasteiger partial charge in [0.2, 0.25) is 5.75 Å². The summed E-state index contributed by atoms with van der Waals surface area (Å²) >= 11 is 0. The lowest BCUT2D eigenvalue weighted by atomic mass is 10.2. The summed E-state index contributed by atoms with van der Waals surface area (Å²) in [7, 11) is 1.53. The summed E-state index contributed by atoms with van der Waals surface area (Å²) in [6.45, 7) is 8.27. The summed E-state index contributed by atoms with van der Waals surface area (Å²) in [4.78, 5) is 11.7. The fraction of sp³-hybridized carbons (Fsp3) is 0.533. The molecule has 0 heterocycles. The largest absolute Gasteiger partial charge is 0.493 e. The summed E-state index contributed by atoms with van der Waals surface area (Å²) in [6.07, 6.45) is -0.723. The van der Waals surface area contributed by atoms with Gasteiger partial charge in [-0.05, 0) is 27.7 Å². The minimum atomic E-state index is -0.529. The highest BCUT2D eigenvalue weighted by Crippen LogP contribution is 2.40. The molecule has 1 N–H and O–H groups in total. The summed E-state index contributed by atoms with van der Waals surface area (Å²) < 4.78 is 21.4. The van der Waals surface area contributed by atoms with Crippen LogP contribution < -0.4 is 19.5 Å². The number of hydrogen-bond donors (Lipinski definition) is 1. The Morgan fingerprint density at radius 1 is 1.14 bits per heavy atom. The Balaban J connectivity index is 3.05. The first-order valence-electron chi connectivity index (χ1n) is 6.97. The Morgan fingerprint density at radius 2 is 1.76 bits per heavy atom. The van der Waals surface area contributed by atoms with Crippen molar-refractivity contribution in [3.8, 4) is 17.2 Å². The van der Waals surface area contributed by atoms with Gasteiger partial charge in [0.05, 0.1) is 32.1 Å². The first kappa shape index (κ1) is 16.9.